The van der Waals surface area contributed by atoms with Crippen LogP contribution < -0.4 is 10.2 Å². The minimum Gasteiger partial charge on any atom is -0.378 e. The van der Waals surface area contributed by atoms with Crippen LogP contribution in [0, 0.1) is 11.3 Å². The fraction of sp³-hybridized carbons (Fsp3) is 0.500. The van der Waals surface area contributed by atoms with Gasteiger partial charge in [-0.25, -0.2) is 0 Å². The summed E-state index contributed by atoms with van der Waals surface area (Å²) in [6.07, 6.45) is 4.58. The van der Waals surface area contributed by atoms with Gasteiger partial charge < -0.3 is 10.2 Å². The van der Waals surface area contributed by atoms with Crippen LogP contribution in [-0.4, -0.2) is 26.0 Å². The molecular formula is C18H24N2O. The second-order valence-electron chi connectivity index (χ2n) is 7.02. The summed E-state index contributed by atoms with van der Waals surface area (Å²) >= 11 is 0. The smallest absolute Gasteiger partial charge is 0.251 e. The van der Waals surface area contributed by atoms with Gasteiger partial charge in [-0.15, -0.1) is 0 Å². The maximum absolute atomic E-state index is 12.4. The third-order valence-electron chi connectivity index (χ3n) is 5.23. The molecule has 0 heterocycles. The fourth-order valence-corrected chi connectivity index (χ4v) is 3.75. The third kappa shape index (κ3) is 2.35. The molecule has 0 saturated heterocycles. The Bertz CT molecular complexity index is 584. The average Bonchev–Trinajstić information content (AvgIpc) is 2.86. The lowest BCUT2D eigenvalue weighted by atomic mass is 9.83. The van der Waals surface area contributed by atoms with Crippen LogP contribution in [0.1, 0.15) is 37.0 Å². The largest absolute Gasteiger partial charge is 0.378 e. The van der Waals surface area contributed by atoms with Crippen LogP contribution in [0.15, 0.2) is 35.9 Å². The van der Waals surface area contributed by atoms with Crippen molar-refractivity contribution in [1.29, 1.82) is 0 Å². The van der Waals surface area contributed by atoms with Gasteiger partial charge in [0, 0.05) is 25.3 Å². The van der Waals surface area contributed by atoms with Crippen LogP contribution in [0.25, 0.3) is 0 Å². The van der Waals surface area contributed by atoms with Crippen molar-refractivity contribution in [3.8, 4) is 0 Å². The number of rotatable bonds is 3. The molecule has 21 heavy (non-hydrogen) atoms. The van der Waals surface area contributed by atoms with E-state index >= 15 is 0 Å². The number of nitrogens with one attached hydrogen (secondary N) is 1. The molecule has 3 heteroatoms. The molecule has 1 fully saturated rings. The fourth-order valence-electron chi connectivity index (χ4n) is 3.75. The maximum atomic E-state index is 12.4. The SMILES string of the molecule is CN(C)c1ccc(C(=O)N[C@@H]2C[C@H]3CC=C2C3(C)C)cc1. The van der Waals surface area contributed by atoms with Crippen LogP contribution in [-0.2, 0) is 0 Å². The van der Waals surface area contributed by atoms with Crippen molar-refractivity contribution in [2.75, 3.05) is 19.0 Å². The summed E-state index contributed by atoms with van der Waals surface area (Å²) in [6, 6.07) is 7.99. The van der Waals surface area contributed by atoms with Gasteiger partial charge in [0.05, 0.1) is 6.04 Å². The number of allylic oxidation sites excluding steroid dienone is 1. The Hall–Kier alpha value is -1.77. The number of carbonyl (C=O) groups excluding carboxylic acids is 1. The third-order valence-corrected chi connectivity index (χ3v) is 5.23. The number of nitrogens with zero attached hydrogens (tertiary/aromatic N) is 1. The highest BCUT2D eigenvalue weighted by Gasteiger charge is 2.48. The van der Waals surface area contributed by atoms with Crippen molar-refractivity contribution in [3.63, 3.8) is 0 Å². The predicted octanol–water partition coefficient (Wildman–Crippen LogP) is 3.23. The molecule has 1 aromatic carbocycles. The summed E-state index contributed by atoms with van der Waals surface area (Å²) in [7, 11) is 4.00. The zero-order valence-corrected chi connectivity index (χ0v) is 13.3. The molecule has 3 nitrogen and oxygen atoms in total. The van der Waals surface area contributed by atoms with Crippen molar-refractivity contribution in [2.24, 2.45) is 11.3 Å². The summed E-state index contributed by atoms with van der Waals surface area (Å²) in [6.45, 7) is 4.60. The molecule has 3 rings (SSSR count). The molecule has 1 N–H and O–H groups in total. The topological polar surface area (TPSA) is 32.3 Å². The van der Waals surface area contributed by atoms with E-state index in [1.807, 2.05) is 43.3 Å². The summed E-state index contributed by atoms with van der Waals surface area (Å²) in [5, 5.41) is 3.21. The molecule has 2 aliphatic rings. The van der Waals surface area contributed by atoms with Crippen molar-refractivity contribution in [2.45, 2.75) is 32.7 Å². The Balaban J connectivity index is 1.70. The molecule has 2 atom stereocenters. The van der Waals surface area contributed by atoms with Gasteiger partial charge in [0.1, 0.15) is 0 Å². The number of anilines is 1. The lowest BCUT2D eigenvalue weighted by Gasteiger charge is -2.22. The lowest BCUT2D eigenvalue weighted by Crippen LogP contribution is -2.35. The zero-order chi connectivity index (χ0) is 15.2. The lowest BCUT2D eigenvalue weighted by molar-refractivity contribution is 0.0941. The van der Waals surface area contributed by atoms with Crippen LogP contribution in [0.4, 0.5) is 5.69 Å². The van der Waals surface area contributed by atoms with Crippen molar-refractivity contribution < 1.29 is 4.79 Å². The van der Waals surface area contributed by atoms with E-state index in [4.69, 9.17) is 0 Å². The van der Waals surface area contributed by atoms with Gasteiger partial charge in [-0.2, -0.15) is 0 Å². The first-order valence-corrected chi connectivity index (χ1v) is 7.68. The molecular weight excluding hydrogens is 260 g/mol. The average molecular weight is 284 g/mol. The van der Waals surface area contributed by atoms with Crippen molar-refractivity contribution in [1.82, 2.24) is 5.32 Å². The number of fused-ring (bicyclic) bond motifs is 2. The summed E-state index contributed by atoms with van der Waals surface area (Å²) in [4.78, 5) is 14.4. The Labute approximate surface area is 127 Å². The first-order valence-electron chi connectivity index (χ1n) is 7.68. The number of hydrogen-bond acceptors (Lipinski definition) is 2. The van der Waals surface area contributed by atoms with Gasteiger partial charge >= 0.3 is 0 Å². The summed E-state index contributed by atoms with van der Waals surface area (Å²) < 4.78 is 0. The summed E-state index contributed by atoms with van der Waals surface area (Å²) in [5.41, 5.74) is 3.52. The second-order valence-corrected chi connectivity index (χ2v) is 7.02. The monoisotopic (exact) mass is 284 g/mol. The van der Waals surface area contributed by atoms with Gasteiger partial charge in [-0.05, 0) is 54.0 Å². The van der Waals surface area contributed by atoms with Gasteiger partial charge in [-0.1, -0.05) is 19.9 Å². The van der Waals surface area contributed by atoms with Crippen LogP contribution in [0.2, 0.25) is 0 Å². The molecule has 1 saturated carbocycles. The van der Waals surface area contributed by atoms with Crippen molar-refractivity contribution in [3.05, 3.63) is 41.5 Å². The first kappa shape index (κ1) is 14.2. The van der Waals surface area contributed by atoms with Gasteiger partial charge in [0.15, 0.2) is 0 Å². The zero-order valence-electron chi connectivity index (χ0n) is 13.3. The number of benzene rings is 1. The number of amides is 1. The van der Waals surface area contributed by atoms with E-state index in [0.717, 1.165) is 17.7 Å². The predicted molar refractivity (Wildman–Crippen MR) is 86.6 cm³/mol. The van der Waals surface area contributed by atoms with E-state index < -0.39 is 0 Å². The molecule has 2 aliphatic carbocycles. The Morgan fingerprint density at radius 1 is 1.24 bits per heavy atom. The molecule has 1 amide bonds. The second kappa shape index (κ2) is 4.90. The van der Waals surface area contributed by atoms with E-state index in [1.165, 1.54) is 12.0 Å². The van der Waals surface area contributed by atoms with E-state index in [9.17, 15) is 4.79 Å². The van der Waals surface area contributed by atoms with Crippen LogP contribution in [0.3, 0.4) is 0 Å². The maximum Gasteiger partial charge on any atom is 0.251 e. The van der Waals surface area contributed by atoms with E-state index in [1.54, 1.807) is 0 Å². The van der Waals surface area contributed by atoms with Gasteiger partial charge in [0.25, 0.3) is 5.91 Å². The highest BCUT2D eigenvalue weighted by molar-refractivity contribution is 5.95. The highest BCUT2D eigenvalue weighted by atomic mass is 16.1. The van der Waals surface area contributed by atoms with E-state index in [0.29, 0.717) is 5.92 Å². The number of carbonyl (C=O) groups is 1. The Kier molecular flexibility index (Phi) is 3.31. The number of hydrogen-bond donors (Lipinski definition) is 1. The molecule has 1 aromatic rings. The van der Waals surface area contributed by atoms with E-state index in [-0.39, 0.29) is 17.4 Å². The molecule has 0 unspecified atom stereocenters. The van der Waals surface area contributed by atoms with Crippen molar-refractivity contribution >= 4 is 11.6 Å². The molecule has 0 aliphatic heterocycles. The Morgan fingerprint density at radius 3 is 2.38 bits per heavy atom. The molecule has 0 spiro atoms. The standard InChI is InChI=1S/C18H24N2O/c1-18(2)13-7-10-15(18)16(11-13)19-17(21)12-5-8-14(9-6-12)20(3)4/h5-6,8-10,13,16H,7,11H2,1-4H3,(H,19,21)/t13-,16-/m1/s1. The summed E-state index contributed by atoms with van der Waals surface area (Å²) in [5.74, 6) is 0.725. The molecule has 2 bridgehead atoms. The minimum absolute atomic E-state index is 0.0366. The quantitative estimate of drug-likeness (QED) is 0.864. The molecule has 0 aromatic heterocycles. The van der Waals surface area contributed by atoms with Crippen LogP contribution >= 0.6 is 0 Å². The van der Waals surface area contributed by atoms with Crippen LogP contribution in [0.5, 0.6) is 0 Å². The minimum atomic E-state index is 0.0366. The Morgan fingerprint density at radius 2 is 1.90 bits per heavy atom. The molecule has 112 valence electrons. The van der Waals surface area contributed by atoms with E-state index in [2.05, 4.69) is 25.2 Å². The first-order chi connectivity index (χ1) is 9.89. The highest BCUT2D eigenvalue weighted by Crippen LogP contribution is 2.53. The normalized spacial score (nSPS) is 25.6. The van der Waals surface area contributed by atoms with Gasteiger partial charge in [-0.3, -0.25) is 4.79 Å². The van der Waals surface area contributed by atoms with Gasteiger partial charge in [0.2, 0.25) is 0 Å². The molecule has 0 radical (unpaired) electrons.